The Morgan fingerprint density at radius 2 is 1.57 bits per heavy atom. The zero-order valence-electron chi connectivity index (χ0n) is 18.0. The molecule has 30 heavy (non-hydrogen) atoms. The van der Waals surface area contributed by atoms with Crippen LogP contribution in [-0.2, 0) is 14.3 Å². The maximum Gasteiger partial charge on any atom is 0.338 e. The number of carbonyl (C=O) groups is 3. The number of aryl methyl sites for hydroxylation is 1. The summed E-state index contributed by atoms with van der Waals surface area (Å²) in [7, 11) is 1.70. The van der Waals surface area contributed by atoms with Crippen molar-refractivity contribution in [3.63, 3.8) is 0 Å². The number of amides is 2. The lowest BCUT2D eigenvalue weighted by atomic mass is 10.1. The number of hydrogen-bond donors (Lipinski definition) is 2. The van der Waals surface area contributed by atoms with Crippen LogP contribution in [0.25, 0.3) is 0 Å². The molecule has 0 aromatic heterocycles. The summed E-state index contributed by atoms with van der Waals surface area (Å²) in [5.41, 5.74) is 3.90. The van der Waals surface area contributed by atoms with Gasteiger partial charge in [0.1, 0.15) is 0 Å². The average molecular weight is 412 g/mol. The van der Waals surface area contributed by atoms with Gasteiger partial charge in [-0.25, -0.2) is 4.79 Å². The predicted molar refractivity (Wildman–Crippen MR) is 118 cm³/mol. The van der Waals surface area contributed by atoms with Crippen molar-refractivity contribution in [1.29, 1.82) is 0 Å². The summed E-state index contributed by atoms with van der Waals surface area (Å²) in [5, 5.41) is 5.64. The van der Waals surface area contributed by atoms with Crippen LogP contribution >= 0.6 is 0 Å². The topological polar surface area (TPSA) is 87.7 Å². The molecule has 0 atom stereocenters. The molecule has 0 spiro atoms. The summed E-state index contributed by atoms with van der Waals surface area (Å²) in [6.07, 6.45) is 0.760. The van der Waals surface area contributed by atoms with E-state index < -0.39 is 0 Å². The van der Waals surface area contributed by atoms with E-state index in [9.17, 15) is 14.4 Å². The molecule has 0 radical (unpaired) electrons. The number of anilines is 2. The predicted octanol–water partition coefficient (Wildman–Crippen LogP) is 3.38. The van der Waals surface area contributed by atoms with E-state index in [1.807, 2.05) is 39.0 Å². The lowest BCUT2D eigenvalue weighted by molar-refractivity contribution is -0.119. The minimum Gasteiger partial charge on any atom is -0.462 e. The van der Waals surface area contributed by atoms with Gasteiger partial charge in [-0.2, -0.15) is 0 Å². The summed E-state index contributed by atoms with van der Waals surface area (Å²) in [6.45, 7) is 6.39. The minimum atomic E-state index is -0.385. The number of carbonyl (C=O) groups excluding carboxylic acids is 3. The first-order valence-electron chi connectivity index (χ1n) is 9.91. The third kappa shape index (κ3) is 7.00. The molecule has 2 rings (SSSR count). The first kappa shape index (κ1) is 23.1. The Balaban J connectivity index is 1.82. The molecule has 0 saturated carbocycles. The van der Waals surface area contributed by atoms with Crippen molar-refractivity contribution in [2.75, 3.05) is 37.4 Å². The maximum atomic E-state index is 12.3. The van der Waals surface area contributed by atoms with Gasteiger partial charge in [0.2, 0.25) is 11.8 Å². The Morgan fingerprint density at radius 1 is 0.933 bits per heavy atom. The van der Waals surface area contributed by atoms with Gasteiger partial charge in [0.15, 0.2) is 0 Å². The molecule has 0 aliphatic carbocycles. The normalized spacial score (nSPS) is 10.6. The number of benzene rings is 2. The van der Waals surface area contributed by atoms with E-state index >= 15 is 0 Å². The van der Waals surface area contributed by atoms with Crippen molar-refractivity contribution in [3.8, 4) is 0 Å². The smallest absolute Gasteiger partial charge is 0.338 e. The zero-order chi connectivity index (χ0) is 22.1. The van der Waals surface area contributed by atoms with Crippen molar-refractivity contribution in [3.05, 3.63) is 59.2 Å². The summed E-state index contributed by atoms with van der Waals surface area (Å²) in [4.78, 5) is 38.0. The fraction of sp³-hybridized carbons (Fsp3) is 0.348. The Kier molecular flexibility index (Phi) is 8.55. The molecule has 0 aliphatic heterocycles. The van der Waals surface area contributed by atoms with Crippen molar-refractivity contribution in [2.24, 2.45) is 0 Å². The van der Waals surface area contributed by atoms with Crippen LogP contribution in [0.2, 0.25) is 0 Å². The third-order valence-electron chi connectivity index (χ3n) is 4.55. The van der Waals surface area contributed by atoms with E-state index in [4.69, 9.17) is 4.74 Å². The molecule has 2 aromatic rings. The van der Waals surface area contributed by atoms with Crippen LogP contribution in [0, 0.1) is 13.8 Å². The highest BCUT2D eigenvalue weighted by atomic mass is 16.5. The number of nitrogens with zero attached hydrogens (tertiary/aromatic N) is 1. The second-order valence-electron chi connectivity index (χ2n) is 7.23. The molecule has 2 aromatic carbocycles. The molecule has 7 heteroatoms. The van der Waals surface area contributed by atoms with Crippen LogP contribution in [0.4, 0.5) is 11.4 Å². The average Bonchev–Trinajstić information content (AvgIpc) is 2.69. The van der Waals surface area contributed by atoms with Crippen molar-refractivity contribution >= 4 is 29.2 Å². The van der Waals surface area contributed by atoms with Gasteiger partial charge in [0.25, 0.3) is 0 Å². The van der Waals surface area contributed by atoms with E-state index in [-0.39, 0.29) is 30.9 Å². The van der Waals surface area contributed by atoms with Crippen molar-refractivity contribution < 1.29 is 19.1 Å². The van der Waals surface area contributed by atoms with E-state index in [1.54, 1.807) is 36.2 Å². The Hall–Kier alpha value is -3.19. The van der Waals surface area contributed by atoms with Gasteiger partial charge < -0.3 is 15.4 Å². The molecule has 0 heterocycles. The van der Waals surface area contributed by atoms with Gasteiger partial charge in [-0.15, -0.1) is 0 Å². The summed E-state index contributed by atoms with van der Waals surface area (Å²) in [6, 6.07) is 12.2. The first-order valence-corrected chi connectivity index (χ1v) is 9.91. The molecule has 0 unspecified atom stereocenters. The lowest BCUT2D eigenvalue weighted by Gasteiger charge is -2.17. The Labute approximate surface area is 177 Å². The number of hydrogen-bond acceptors (Lipinski definition) is 5. The minimum absolute atomic E-state index is 0.0561. The van der Waals surface area contributed by atoms with Gasteiger partial charge in [-0.05, 0) is 68.8 Å². The van der Waals surface area contributed by atoms with Crippen LogP contribution in [0.5, 0.6) is 0 Å². The van der Waals surface area contributed by atoms with Crippen molar-refractivity contribution in [1.82, 2.24) is 4.90 Å². The second kappa shape index (κ2) is 11.1. The fourth-order valence-electron chi connectivity index (χ4n) is 2.79. The van der Waals surface area contributed by atoms with Gasteiger partial charge in [-0.3, -0.25) is 14.5 Å². The molecule has 0 fully saturated rings. The summed E-state index contributed by atoms with van der Waals surface area (Å²) in [5.74, 6) is -0.823. The quantitative estimate of drug-likeness (QED) is 0.618. The van der Waals surface area contributed by atoms with Gasteiger partial charge in [0.05, 0.1) is 25.3 Å². The molecular formula is C23H29N3O4. The third-order valence-corrected chi connectivity index (χ3v) is 4.55. The SMILES string of the molecule is CCCOC(=O)c1ccc(NC(=O)CN(C)CC(=O)Nc2cccc(C)c2C)cc1. The van der Waals surface area contributed by atoms with Crippen molar-refractivity contribution in [2.45, 2.75) is 27.2 Å². The number of ether oxygens (including phenoxy) is 1. The maximum absolute atomic E-state index is 12.3. The van der Waals surface area contributed by atoms with Crippen LogP contribution < -0.4 is 10.6 Å². The monoisotopic (exact) mass is 411 g/mol. The highest BCUT2D eigenvalue weighted by molar-refractivity contribution is 5.95. The first-order chi connectivity index (χ1) is 14.3. The standard InChI is InChI=1S/C23H29N3O4/c1-5-13-30-23(29)18-9-11-19(12-10-18)24-21(27)14-26(4)15-22(28)25-20-8-6-7-16(2)17(20)3/h6-12H,5,13-15H2,1-4H3,(H,24,27)(H,25,28). The molecule has 2 N–H and O–H groups in total. The largest absolute Gasteiger partial charge is 0.462 e. The fourth-order valence-corrected chi connectivity index (χ4v) is 2.79. The van der Waals surface area contributed by atoms with Crippen LogP contribution in [0.3, 0.4) is 0 Å². The molecule has 160 valence electrons. The van der Waals surface area contributed by atoms with E-state index in [0.29, 0.717) is 17.9 Å². The van der Waals surface area contributed by atoms with Gasteiger partial charge >= 0.3 is 5.97 Å². The Morgan fingerprint density at radius 3 is 2.20 bits per heavy atom. The number of nitrogens with one attached hydrogen (secondary N) is 2. The number of esters is 1. The van der Waals surface area contributed by atoms with E-state index in [2.05, 4.69) is 10.6 Å². The van der Waals surface area contributed by atoms with E-state index in [1.165, 1.54) is 0 Å². The highest BCUT2D eigenvalue weighted by Gasteiger charge is 2.13. The van der Waals surface area contributed by atoms with Crippen LogP contribution in [-0.4, -0.2) is 49.4 Å². The molecular weight excluding hydrogens is 382 g/mol. The van der Waals surface area contributed by atoms with Gasteiger partial charge in [0, 0.05) is 11.4 Å². The zero-order valence-corrected chi connectivity index (χ0v) is 18.0. The molecule has 2 amide bonds. The molecule has 7 nitrogen and oxygen atoms in total. The second-order valence-corrected chi connectivity index (χ2v) is 7.23. The van der Waals surface area contributed by atoms with E-state index in [0.717, 1.165) is 23.2 Å². The highest BCUT2D eigenvalue weighted by Crippen LogP contribution is 2.17. The molecule has 0 saturated heterocycles. The summed E-state index contributed by atoms with van der Waals surface area (Å²) < 4.78 is 5.07. The van der Waals surface area contributed by atoms with Gasteiger partial charge in [-0.1, -0.05) is 19.1 Å². The molecule has 0 bridgehead atoms. The van der Waals surface area contributed by atoms with Crippen LogP contribution in [0.1, 0.15) is 34.8 Å². The summed E-state index contributed by atoms with van der Waals surface area (Å²) >= 11 is 0. The number of rotatable bonds is 9. The molecule has 0 aliphatic rings. The van der Waals surface area contributed by atoms with Crippen LogP contribution in [0.15, 0.2) is 42.5 Å². The lowest BCUT2D eigenvalue weighted by Crippen LogP contribution is -2.36. The Bertz CT molecular complexity index is 894. The number of likely N-dealkylation sites (N-methyl/N-ethyl adjacent to an activating group) is 1.